The van der Waals surface area contributed by atoms with Crippen LogP contribution in [0.2, 0.25) is 0 Å². The second-order valence-corrected chi connectivity index (χ2v) is 22.9. The van der Waals surface area contributed by atoms with Gasteiger partial charge in [-0.3, -0.25) is 9.59 Å². The zero-order valence-corrected chi connectivity index (χ0v) is 48.5. The molecule has 0 N–H and O–H groups in total. The first-order valence-electron chi connectivity index (χ1n) is 32.6. The van der Waals surface area contributed by atoms with E-state index >= 15 is 0 Å². The number of esters is 2. The predicted molar refractivity (Wildman–Crippen MR) is 309 cm³/mol. The van der Waals surface area contributed by atoms with Crippen molar-refractivity contribution in [2.75, 3.05) is 19.8 Å². The van der Waals surface area contributed by atoms with Crippen LogP contribution in [0.1, 0.15) is 374 Å². The fourth-order valence-electron chi connectivity index (χ4n) is 10.6. The Labute approximate surface area is 444 Å². The molecule has 0 aliphatic carbocycles. The highest BCUT2D eigenvalue weighted by molar-refractivity contribution is 5.78. The third kappa shape index (κ3) is 47.8. The van der Waals surface area contributed by atoms with Crippen LogP contribution in [0.5, 0.6) is 0 Å². The summed E-state index contributed by atoms with van der Waals surface area (Å²) >= 11 is 0. The van der Waals surface area contributed by atoms with Gasteiger partial charge in [0.05, 0.1) is 0 Å². The molecule has 0 aromatic carbocycles. The van der Waals surface area contributed by atoms with Gasteiger partial charge in [-0.1, -0.05) is 335 Å². The van der Waals surface area contributed by atoms with E-state index in [1.54, 1.807) is 0 Å². The molecular formula is C65H125NO5. The van der Waals surface area contributed by atoms with Gasteiger partial charge in [-0.25, -0.2) is 4.99 Å². The van der Waals surface area contributed by atoms with Crippen LogP contribution in [0.4, 0.5) is 0 Å². The Kier molecular flexibility index (Phi) is 51.9. The zero-order chi connectivity index (χ0) is 51.1. The lowest BCUT2D eigenvalue weighted by Crippen LogP contribution is -2.41. The summed E-state index contributed by atoms with van der Waals surface area (Å²) < 4.78 is 17.8. The number of nitrogens with zero attached hydrogens (tertiary/aromatic N) is 1. The largest absolute Gasteiger partial charge is 0.478 e. The van der Waals surface area contributed by atoms with Crippen molar-refractivity contribution in [3.8, 4) is 0 Å². The van der Waals surface area contributed by atoms with E-state index in [2.05, 4.69) is 20.8 Å². The highest BCUT2D eigenvalue weighted by Gasteiger charge is 2.40. The molecular weight excluding hydrogens is 875 g/mol. The molecule has 0 atom stereocenters. The Hall–Kier alpha value is -1.59. The second kappa shape index (κ2) is 54.7. The van der Waals surface area contributed by atoms with E-state index in [0.717, 1.165) is 44.4 Å². The number of hydrogen-bond acceptors (Lipinski definition) is 6. The molecule has 0 amide bonds. The zero-order valence-electron chi connectivity index (χ0n) is 48.5. The lowest BCUT2D eigenvalue weighted by molar-refractivity contribution is -0.150. The molecule has 0 fully saturated rings. The maximum atomic E-state index is 12.9. The average Bonchev–Trinajstić information content (AvgIpc) is 3.79. The molecule has 0 aromatic heterocycles. The fourth-order valence-corrected chi connectivity index (χ4v) is 10.6. The van der Waals surface area contributed by atoms with Crippen LogP contribution in [-0.4, -0.2) is 43.2 Å². The summed E-state index contributed by atoms with van der Waals surface area (Å²) in [5.41, 5.74) is -0.836. The maximum Gasteiger partial charge on any atom is 0.305 e. The minimum atomic E-state index is -0.836. The molecule has 0 aromatic rings. The van der Waals surface area contributed by atoms with Crippen molar-refractivity contribution in [2.45, 2.75) is 379 Å². The van der Waals surface area contributed by atoms with Crippen LogP contribution in [0.25, 0.3) is 0 Å². The predicted octanol–water partition coefficient (Wildman–Crippen LogP) is 21.8. The number of unbranched alkanes of at least 4 members (excludes halogenated alkanes) is 49. The van der Waals surface area contributed by atoms with Crippen LogP contribution in [0.3, 0.4) is 0 Å². The molecule has 71 heavy (non-hydrogen) atoms. The van der Waals surface area contributed by atoms with Crippen molar-refractivity contribution in [2.24, 2.45) is 4.99 Å². The van der Waals surface area contributed by atoms with E-state index in [-0.39, 0.29) is 25.2 Å². The first kappa shape index (κ1) is 67.4. The lowest BCUT2D eigenvalue weighted by Gasteiger charge is -2.23. The molecule has 0 saturated heterocycles. The van der Waals surface area contributed by atoms with Gasteiger partial charge in [0.1, 0.15) is 19.8 Å². The summed E-state index contributed by atoms with van der Waals surface area (Å²) in [6.07, 6.45) is 71.1. The third-order valence-electron chi connectivity index (χ3n) is 15.6. The molecule has 0 saturated carbocycles. The van der Waals surface area contributed by atoms with Crippen LogP contribution in [-0.2, 0) is 23.8 Å². The smallest absolute Gasteiger partial charge is 0.305 e. The van der Waals surface area contributed by atoms with Gasteiger partial charge in [0.15, 0.2) is 11.4 Å². The van der Waals surface area contributed by atoms with Crippen molar-refractivity contribution in [3.05, 3.63) is 0 Å². The van der Waals surface area contributed by atoms with E-state index in [0.29, 0.717) is 19.4 Å². The van der Waals surface area contributed by atoms with Gasteiger partial charge in [-0.05, 0) is 19.3 Å². The molecule has 1 heterocycles. The number of aliphatic imine (C=N–C) groups is 1. The quantitative estimate of drug-likeness (QED) is 0.0448. The topological polar surface area (TPSA) is 74.2 Å². The summed E-state index contributed by atoms with van der Waals surface area (Å²) in [4.78, 5) is 30.9. The van der Waals surface area contributed by atoms with Crippen molar-refractivity contribution in [3.63, 3.8) is 0 Å². The van der Waals surface area contributed by atoms with Crippen LogP contribution in [0.15, 0.2) is 4.99 Å². The molecule has 0 unspecified atom stereocenters. The molecule has 6 nitrogen and oxygen atoms in total. The van der Waals surface area contributed by atoms with Gasteiger partial charge < -0.3 is 14.2 Å². The third-order valence-corrected chi connectivity index (χ3v) is 15.6. The van der Waals surface area contributed by atoms with Gasteiger partial charge in [0, 0.05) is 19.3 Å². The highest BCUT2D eigenvalue weighted by atomic mass is 16.6. The van der Waals surface area contributed by atoms with E-state index in [1.807, 2.05) is 0 Å². The summed E-state index contributed by atoms with van der Waals surface area (Å²) in [7, 11) is 0. The number of hydrogen-bond donors (Lipinski definition) is 0. The minimum absolute atomic E-state index is 0.111. The molecule has 1 aliphatic rings. The van der Waals surface area contributed by atoms with Crippen LogP contribution in [0, 0.1) is 0 Å². The lowest BCUT2D eigenvalue weighted by atomic mass is 10.0. The Bertz CT molecular complexity index is 1080. The summed E-state index contributed by atoms with van der Waals surface area (Å²) in [5.74, 6) is 0.384. The molecule has 0 spiro atoms. The molecule has 0 bridgehead atoms. The van der Waals surface area contributed by atoms with Crippen molar-refractivity contribution in [1.82, 2.24) is 0 Å². The monoisotopic (exact) mass is 1000 g/mol. The Morgan fingerprint density at radius 3 is 0.789 bits per heavy atom. The maximum absolute atomic E-state index is 12.9. The first-order valence-corrected chi connectivity index (χ1v) is 32.6. The summed E-state index contributed by atoms with van der Waals surface area (Å²) in [6, 6.07) is 0. The van der Waals surface area contributed by atoms with E-state index in [1.165, 1.54) is 302 Å². The van der Waals surface area contributed by atoms with Crippen LogP contribution < -0.4 is 0 Å². The summed E-state index contributed by atoms with van der Waals surface area (Å²) in [6.45, 7) is 7.40. The van der Waals surface area contributed by atoms with Crippen LogP contribution >= 0.6 is 0 Å². The fraction of sp³-hybridized carbons (Fsp3) is 0.954. The second-order valence-electron chi connectivity index (χ2n) is 22.9. The highest BCUT2D eigenvalue weighted by Crippen LogP contribution is 2.25. The molecule has 1 rings (SSSR count). The van der Waals surface area contributed by atoms with Crippen molar-refractivity contribution >= 4 is 17.8 Å². The van der Waals surface area contributed by atoms with Gasteiger partial charge in [-0.2, -0.15) is 0 Å². The van der Waals surface area contributed by atoms with E-state index in [4.69, 9.17) is 19.2 Å². The molecule has 6 heteroatoms. The standard InChI is InChI=1S/C65H125NO5/c1-4-7-10-13-16-19-22-25-28-31-34-35-38-41-44-47-50-53-56-62-66-65(59-69-62,60-70-63(67)57-54-51-48-45-42-39-36-32-29-26-23-20-17-14-11-8-5-2)61-71-64(68)58-55-52-49-46-43-40-37-33-30-27-24-21-18-15-12-9-6-3/h4-61H2,1-3H3. The normalized spacial score (nSPS) is 13.2. The number of rotatable bonds is 59. The Balaban J connectivity index is 2.30. The SMILES string of the molecule is CCCCCCCCCCCCCCCCCCCCC1=NC(COC(=O)CCCCCCCCCCCCCCCCCCC)(COC(=O)CCCCCCCCCCCCCCCCCCC)CO1. The average molecular weight is 1000 g/mol. The number of carbonyl (C=O) groups is 2. The Morgan fingerprint density at radius 2 is 0.549 bits per heavy atom. The van der Waals surface area contributed by atoms with E-state index in [9.17, 15) is 9.59 Å². The summed E-state index contributed by atoms with van der Waals surface area (Å²) in [5, 5.41) is 0. The van der Waals surface area contributed by atoms with Gasteiger partial charge >= 0.3 is 11.9 Å². The van der Waals surface area contributed by atoms with Crippen molar-refractivity contribution < 1.29 is 23.8 Å². The molecule has 420 valence electrons. The number of ether oxygens (including phenoxy) is 3. The van der Waals surface area contributed by atoms with Gasteiger partial charge in [0.2, 0.25) is 0 Å². The van der Waals surface area contributed by atoms with E-state index < -0.39 is 5.54 Å². The minimum Gasteiger partial charge on any atom is -0.478 e. The Morgan fingerprint density at radius 1 is 0.338 bits per heavy atom. The number of carbonyl (C=O) groups excluding carboxylic acids is 2. The van der Waals surface area contributed by atoms with Gasteiger partial charge in [0.25, 0.3) is 0 Å². The molecule has 0 radical (unpaired) electrons. The molecule has 1 aliphatic heterocycles. The van der Waals surface area contributed by atoms with Crippen molar-refractivity contribution in [1.29, 1.82) is 0 Å². The first-order chi connectivity index (χ1) is 35.0. The van der Waals surface area contributed by atoms with Gasteiger partial charge in [-0.15, -0.1) is 0 Å².